The SMILES string of the molecule is CC.COC(=O)CCc1c[nH]c2ccc(Cl)cc12. The second-order valence-corrected chi connectivity index (χ2v) is 4.02. The highest BCUT2D eigenvalue weighted by Gasteiger charge is 2.07. The molecule has 2 aromatic rings. The first-order valence-electron chi connectivity index (χ1n) is 6.03. The number of carbonyl (C=O) groups excluding carboxylic acids is 1. The van der Waals surface area contributed by atoms with Crippen LogP contribution in [-0.2, 0) is 16.0 Å². The Morgan fingerprint density at radius 2 is 2.11 bits per heavy atom. The second kappa shape index (κ2) is 7.07. The maximum Gasteiger partial charge on any atom is 0.305 e. The molecule has 3 nitrogen and oxygen atoms in total. The van der Waals surface area contributed by atoms with E-state index in [0.717, 1.165) is 16.5 Å². The number of halogens is 1. The summed E-state index contributed by atoms with van der Waals surface area (Å²) < 4.78 is 4.61. The summed E-state index contributed by atoms with van der Waals surface area (Å²) in [5.41, 5.74) is 2.12. The number of hydrogen-bond donors (Lipinski definition) is 1. The van der Waals surface area contributed by atoms with Crippen LogP contribution in [0.3, 0.4) is 0 Å². The van der Waals surface area contributed by atoms with Gasteiger partial charge in [-0.3, -0.25) is 4.79 Å². The minimum absolute atomic E-state index is 0.198. The zero-order valence-electron chi connectivity index (χ0n) is 10.9. The van der Waals surface area contributed by atoms with Gasteiger partial charge in [0.05, 0.1) is 7.11 Å². The Labute approximate surface area is 112 Å². The third-order valence-corrected chi connectivity index (χ3v) is 2.79. The Morgan fingerprint density at radius 3 is 2.78 bits per heavy atom. The van der Waals surface area contributed by atoms with Crippen molar-refractivity contribution >= 4 is 28.5 Å². The lowest BCUT2D eigenvalue weighted by molar-refractivity contribution is -0.140. The third-order valence-electron chi connectivity index (χ3n) is 2.56. The van der Waals surface area contributed by atoms with Crippen LogP contribution in [0.15, 0.2) is 24.4 Å². The number of fused-ring (bicyclic) bond motifs is 1. The van der Waals surface area contributed by atoms with Gasteiger partial charge in [-0.05, 0) is 30.2 Å². The fraction of sp³-hybridized carbons (Fsp3) is 0.357. The average molecular weight is 268 g/mol. The number of ether oxygens (including phenoxy) is 1. The molecule has 0 aliphatic carbocycles. The number of esters is 1. The highest BCUT2D eigenvalue weighted by molar-refractivity contribution is 6.31. The Morgan fingerprint density at radius 1 is 1.39 bits per heavy atom. The minimum atomic E-state index is -0.198. The largest absolute Gasteiger partial charge is 0.469 e. The molecule has 1 N–H and O–H groups in total. The molecule has 1 aromatic heterocycles. The molecule has 0 bridgehead atoms. The van der Waals surface area contributed by atoms with Crippen molar-refractivity contribution in [3.8, 4) is 0 Å². The molecule has 0 fully saturated rings. The molecule has 1 aromatic carbocycles. The summed E-state index contributed by atoms with van der Waals surface area (Å²) in [5, 5.41) is 1.77. The first kappa shape index (κ1) is 14.6. The molecule has 0 atom stereocenters. The molecule has 2 rings (SSSR count). The van der Waals surface area contributed by atoms with Crippen LogP contribution in [0.2, 0.25) is 5.02 Å². The number of nitrogens with one attached hydrogen (secondary N) is 1. The number of aryl methyl sites for hydroxylation is 1. The van der Waals surface area contributed by atoms with Crippen LogP contribution in [0.5, 0.6) is 0 Å². The number of carbonyl (C=O) groups is 1. The molecule has 0 aliphatic rings. The van der Waals surface area contributed by atoms with E-state index in [0.29, 0.717) is 17.9 Å². The Kier molecular flexibility index (Phi) is 5.72. The molecular formula is C14H18ClNO2. The van der Waals surface area contributed by atoms with Gasteiger partial charge in [0.1, 0.15) is 0 Å². The van der Waals surface area contributed by atoms with Crippen LogP contribution < -0.4 is 0 Å². The van der Waals surface area contributed by atoms with Crippen molar-refractivity contribution in [2.45, 2.75) is 26.7 Å². The highest BCUT2D eigenvalue weighted by atomic mass is 35.5. The maximum absolute atomic E-state index is 11.1. The van der Waals surface area contributed by atoms with E-state index >= 15 is 0 Å². The van der Waals surface area contributed by atoms with Crippen molar-refractivity contribution in [3.63, 3.8) is 0 Å². The molecule has 98 valence electrons. The highest BCUT2D eigenvalue weighted by Crippen LogP contribution is 2.23. The Hall–Kier alpha value is -1.48. The average Bonchev–Trinajstić information content (AvgIpc) is 2.80. The van der Waals surface area contributed by atoms with Crippen LogP contribution in [0.25, 0.3) is 10.9 Å². The van der Waals surface area contributed by atoms with Gasteiger partial charge in [0, 0.05) is 28.5 Å². The van der Waals surface area contributed by atoms with E-state index in [4.69, 9.17) is 11.6 Å². The summed E-state index contributed by atoms with van der Waals surface area (Å²) in [6.07, 6.45) is 2.95. The predicted octanol–water partition coefficient (Wildman–Crippen LogP) is 3.95. The molecule has 0 amide bonds. The van der Waals surface area contributed by atoms with Gasteiger partial charge in [0.25, 0.3) is 0 Å². The zero-order chi connectivity index (χ0) is 13.5. The third kappa shape index (κ3) is 3.50. The van der Waals surface area contributed by atoms with E-state index < -0.39 is 0 Å². The van der Waals surface area contributed by atoms with Gasteiger partial charge in [-0.15, -0.1) is 0 Å². The summed E-state index contributed by atoms with van der Waals surface area (Å²) >= 11 is 5.93. The van der Waals surface area contributed by atoms with E-state index in [-0.39, 0.29) is 5.97 Å². The van der Waals surface area contributed by atoms with Gasteiger partial charge in [0.15, 0.2) is 0 Å². The molecule has 4 heteroatoms. The molecule has 0 saturated heterocycles. The number of methoxy groups -OCH3 is 1. The fourth-order valence-electron chi connectivity index (χ4n) is 1.70. The summed E-state index contributed by atoms with van der Waals surface area (Å²) in [7, 11) is 1.40. The molecule has 0 radical (unpaired) electrons. The first-order valence-corrected chi connectivity index (χ1v) is 6.41. The lowest BCUT2D eigenvalue weighted by Crippen LogP contribution is -2.01. The van der Waals surface area contributed by atoms with Gasteiger partial charge in [-0.1, -0.05) is 25.4 Å². The summed E-state index contributed by atoms with van der Waals surface area (Å²) in [6, 6.07) is 5.67. The van der Waals surface area contributed by atoms with E-state index in [1.807, 2.05) is 38.2 Å². The quantitative estimate of drug-likeness (QED) is 0.856. The van der Waals surface area contributed by atoms with Gasteiger partial charge < -0.3 is 9.72 Å². The smallest absolute Gasteiger partial charge is 0.305 e. The van der Waals surface area contributed by atoms with Gasteiger partial charge in [-0.25, -0.2) is 0 Å². The first-order chi connectivity index (χ1) is 8.70. The number of aromatic nitrogens is 1. The van der Waals surface area contributed by atoms with E-state index in [1.54, 1.807) is 0 Å². The number of H-pyrrole nitrogens is 1. The predicted molar refractivity (Wildman–Crippen MR) is 75.0 cm³/mol. The van der Waals surface area contributed by atoms with Gasteiger partial charge >= 0.3 is 5.97 Å². The monoisotopic (exact) mass is 267 g/mol. The van der Waals surface area contributed by atoms with Crippen molar-refractivity contribution in [1.29, 1.82) is 0 Å². The molecule has 0 unspecified atom stereocenters. The standard InChI is InChI=1S/C12H12ClNO2.C2H6/c1-16-12(15)5-2-8-7-14-11-4-3-9(13)6-10(8)11;1-2/h3-4,6-7,14H,2,5H2,1H3;1-2H3. The summed E-state index contributed by atoms with van der Waals surface area (Å²) in [4.78, 5) is 14.2. The van der Waals surface area contributed by atoms with Crippen LogP contribution in [0.4, 0.5) is 0 Å². The topological polar surface area (TPSA) is 42.1 Å². The maximum atomic E-state index is 11.1. The normalized spacial score (nSPS) is 9.78. The summed E-state index contributed by atoms with van der Waals surface area (Å²) in [5.74, 6) is -0.198. The van der Waals surface area contributed by atoms with Crippen LogP contribution in [-0.4, -0.2) is 18.1 Å². The number of benzene rings is 1. The molecule has 1 heterocycles. The van der Waals surface area contributed by atoms with Gasteiger partial charge in [-0.2, -0.15) is 0 Å². The van der Waals surface area contributed by atoms with Crippen molar-refractivity contribution in [2.24, 2.45) is 0 Å². The summed E-state index contributed by atoms with van der Waals surface area (Å²) in [6.45, 7) is 4.00. The lowest BCUT2D eigenvalue weighted by Gasteiger charge is -1.99. The minimum Gasteiger partial charge on any atom is -0.469 e. The molecule has 0 spiro atoms. The van der Waals surface area contributed by atoms with Crippen molar-refractivity contribution in [3.05, 3.63) is 35.0 Å². The van der Waals surface area contributed by atoms with Crippen LogP contribution in [0, 0.1) is 0 Å². The fourth-order valence-corrected chi connectivity index (χ4v) is 1.87. The number of hydrogen-bond acceptors (Lipinski definition) is 2. The lowest BCUT2D eigenvalue weighted by atomic mass is 10.1. The number of rotatable bonds is 3. The van der Waals surface area contributed by atoms with E-state index in [1.165, 1.54) is 7.11 Å². The van der Waals surface area contributed by atoms with E-state index in [9.17, 15) is 4.79 Å². The molecule has 0 aliphatic heterocycles. The molecular weight excluding hydrogens is 250 g/mol. The van der Waals surface area contributed by atoms with Crippen LogP contribution >= 0.6 is 11.6 Å². The Balaban J connectivity index is 0.000000771. The van der Waals surface area contributed by atoms with Crippen molar-refractivity contribution in [2.75, 3.05) is 7.11 Å². The van der Waals surface area contributed by atoms with Crippen LogP contribution in [0.1, 0.15) is 25.8 Å². The van der Waals surface area contributed by atoms with Gasteiger partial charge in [0.2, 0.25) is 0 Å². The molecule has 0 saturated carbocycles. The second-order valence-electron chi connectivity index (χ2n) is 3.58. The van der Waals surface area contributed by atoms with Crippen molar-refractivity contribution in [1.82, 2.24) is 4.98 Å². The van der Waals surface area contributed by atoms with Crippen molar-refractivity contribution < 1.29 is 9.53 Å². The molecule has 18 heavy (non-hydrogen) atoms. The zero-order valence-corrected chi connectivity index (χ0v) is 11.7. The number of aromatic amines is 1. The Bertz CT molecular complexity index is 519. The van der Waals surface area contributed by atoms with E-state index in [2.05, 4.69) is 9.72 Å².